The zero-order valence-electron chi connectivity index (χ0n) is 10.6. The number of methoxy groups -OCH3 is 1. The number of rotatable bonds is 7. The molecule has 1 rings (SSSR count). The Morgan fingerprint density at radius 1 is 1.39 bits per heavy atom. The molecule has 0 fully saturated rings. The SMILES string of the molecule is CCCCCOc1c(Cl)cc(/C=N/O)cc1OC. The first-order valence-electron chi connectivity index (χ1n) is 5.90. The monoisotopic (exact) mass is 271 g/mol. The molecule has 0 spiro atoms. The molecule has 0 amide bonds. The first-order chi connectivity index (χ1) is 8.72. The summed E-state index contributed by atoms with van der Waals surface area (Å²) in [6, 6.07) is 3.37. The fourth-order valence-electron chi connectivity index (χ4n) is 1.55. The predicted molar refractivity (Wildman–Crippen MR) is 72.4 cm³/mol. The molecular formula is C13H18ClNO3. The van der Waals surface area contributed by atoms with Gasteiger partial charge in [0, 0.05) is 5.56 Å². The van der Waals surface area contributed by atoms with Gasteiger partial charge in [-0.3, -0.25) is 0 Å². The molecule has 0 saturated carbocycles. The highest BCUT2D eigenvalue weighted by molar-refractivity contribution is 6.32. The van der Waals surface area contributed by atoms with Crippen LogP contribution in [0.1, 0.15) is 31.7 Å². The molecule has 0 aliphatic carbocycles. The number of ether oxygens (including phenoxy) is 2. The Morgan fingerprint density at radius 3 is 2.78 bits per heavy atom. The zero-order chi connectivity index (χ0) is 13.4. The van der Waals surface area contributed by atoms with Crippen LogP contribution < -0.4 is 9.47 Å². The van der Waals surface area contributed by atoms with Crippen molar-refractivity contribution in [3.8, 4) is 11.5 Å². The molecule has 0 heterocycles. The summed E-state index contributed by atoms with van der Waals surface area (Å²) < 4.78 is 10.8. The van der Waals surface area contributed by atoms with E-state index in [-0.39, 0.29) is 0 Å². The number of hydrogen-bond acceptors (Lipinski definition) is 4. The van der Waals surface area contributed by atoms with Crippen molar-refractivity contribution >= 4 is 17.8 Å². The minimum absolute atomic E-state index is 0.445. The molecule has 1 N–H and O–H groups in total. The van der Waals surface area contributed by atoms with Crippen molar-refractivity contribution in [3.63, 3.8) is 0 Å². The lowest BCUT2D eigenvalue weighted by Crippen LogP contribution is -2.00. The smallest absolute Gasteiger partial charge is 0.179 e. The second-order valence-electron chi connectivity index (χ2n) is 3.83. The normalized spacial score (nSPS) is 10.8. The van der Waals surface area contributed by atoms with Gasteiger partial charge in [-0.2, -0.15) is 0 Å². The number of hydrogen-bond donors (Lipinski definition) is 1. The summed E-state index contributed by atoms with van der Waals surface area (Å²) in [5, 5.41) is 11.9. The van der Waals surface area contributed by atoms with Gasteiger partial charge in [0.2, 0.25) is 0 Å². The quantitative estimate of drug-likeness (QED) is 0.356. The molecule has 5 heteroatoms. The molecule has 1 aromatic carbocycles. The van der Waals surface area contributed by atoms with Crippen LogP contribution in [-0.4, -0.2) is 25.1 Å². The maximum atomic E-state index is 8.50. The van der Waals surface area contributed by atoms with Gasteiger partial charge in [0.05, 0.1) is 25.0 Å². The summed E-state index contributed by atoms with van der Waals surface area (Å²) in [6.45, 7) is 2.74. The Balaban J connectivity index is 2.82. The highest BCUT2D eigenvalue weighted by Crippen LogP contribution is 2.36. The van der Waals surface area contributed by atoms with Crippen LogP contribution in [0, 0.1) is 0 Å². The molecule has 0 bridgehead atoms. The van der Waals surface area contributed by atoms with Crippen LogP contribution >= 0.6 is 11.6 Å². The van der Waals surface area contributed by atoms with Crippen molar-refractivity contribution < 1.29 is 14.7 Å². The first-order valence-corrected chi connectivity index (χ1v) is 6.28. The van der Waals surface area contributed by atoms with Gasteiger partial charge in [-0.1, -0.05) is 36.5 Å². The molecule has 0 radical (unpaired) electrons. The summed E-state index contributed by atoms with van der Waals surface area (Å²) in [4.78, 5) is 0. The average Bonchev–Trinajstić information content (AvgIpc) is 2.36. The molecule has 0 aromatic heterocycles. The molecule has 1 aromatic rings. The average molecular weight is 272 g/mol. The van der Waals surface area contributed by atoms with Crippen LogP contribution in [0.5, 0.6) is 11.5 Å². The summed E-state index contributed by atoms with van der Waals surface area (Å²) in [6.07, 6.45) is 4.53. The second kappa shape index (κ2) is 7.82. The van der Waals surface area contributed by atoms with Gasteiger partial charge in [-0.25, -0.2) is 0 Å². The first kappa shape index (κ1) is 14.6. The third-order valence-corrected chi connectivity index (χ3v) is 2.73. The minimum atomic E-state index is 0.445. The molecule has 100 valence electrons. The van der Waals surface area contributed by atoms with Gasteiger partial charge >= 0.3 is 0 Å². The lowest BCUT2D eigenvalue weighted by atomic mass is 10.2. The summed E-state index contributed by atoms with van der Waals surface area (Å²) in [7, 11) is 1.55. The fraction of sp³-hybridized carbons (Fsp3) is 0.462. The largest absolute Gasteiger partial charge is 0.493 e. The van der Waals surface area contributed by atoms with Crippen LogP contribution in [-0.2, 0) is 0 Å². The van der Waals surface area contributed by atoms with Crippen molar-refractivity contribution in [2.45, 2.75) is 26.2 Å². The third-order valence-electron chi connectivity index (χ3n) is 2.45. The highest BCUT2D eigenvalue weighted by Gasteiger charge is 2.11. The molecule has 0 unspecified atom stereocenters. The lowest BCUT2D eigenvalue weighted by molar-refractivity contribution is 0.286. The van der Waals surface area contributed by atoms with Gasteiger partial charge < -0.3 is 14.7 Å². The summed E-state index contributed by atoms with van der Waals surface area (Å²) in [5.41, 5.74) is 0.653. The highest BCUT2D eigenvalue weighted by atomic mass is 35.5. The van der Waals surface area contributed by atoms with E-state index in [9.17, 15) is 0 Å². The van der Waals surface area contributed by atoms with Crippen LogP contribution in [0.4, 0.5) is 0 Å². The topological polar surface area (TPSA) is 51.0 Å². The molecule has 0 atom stereocenters. The van der Waals surface area contributed by atoms with E-state index in [4.69, 9.17) is 26.3 Å². The Morgan fingerprint density at radius 2 is 2.17 bits per heavy atom. The van der Waals surface area contributed by atoms with Crippen molar-refractivity contribution in [3.05, 3.63) is 22.7 Å². The van der Waals surface area contributed by atoms with Crippen molar-refractivity contribution in [2.75, 3.05) is 13.7 Å². The second-order valence-corrected chi connectivity index (χ2v) is 4.24. The van der Waals surface area contributed by atoms with Gasteiger partial charge in [0.25, 0.3) is 0 Å². The maximum Gasteiger partial charge on any atom is 0.179 e. The van der Waals surface area contributed by atoms with Gasteiger partial charge in [-0.05, 0) is 18.6 Å². The van der Waals surface area contributed by atoms with E-state index < -0.39 is 0 Å². The molecular weight excluding hydrogens is 254 g/mol. The minimum Gasteiger partial charge on any atom is -0.493 e. The van der Waals surface area contributed by atoms with Crippen LogP contribution in [0.3, 0.4) is 0 Å². The Bertz CT molecular complexity index is 407. The number of benzene rings is 1. The maximum absolute atomic E-state index is 8.50. The van der Waals surface area contributed by atoms with Crippen molar-refractivity contribution in [1.29, 1.82) is 0 Å². The number of nitrogens with zero attached hydrogens (tertiary/aromatic N) is 1. The Labute approximate surface area is 112 Å². The number of unbranched alkanes of at least 4 members (excludes halogenated alkanes) is 2. The van der Waals surface area contributed by atoms with E-state index in [2.05, 4.69) is 12.1 Å². The van der Waals surface area contributed by atoms with Crippen LogP contribution in [0.25, 0.3) is 0 Å². The van der Waals surface area contributed by atoms with Crippen molar-refractivity contribution in [1.82, 2.24) is 0 Å². The van der Waals surface area contributed by atoms with E-state index in [1.54, 1.807) is 19.2 Å². The molecule has 0 aliphatic heterocycles. The van der Waals surface area contributed by atoms with E-state index in [1.807, 2.05) is 0 Å². The molecule has 0 saturated heterocycles. The third kappa shape index (κ3) is 4.11. The standard InChI is InChI=1S/C13H18ClNO3/c1-3-4-5-6-18-13-11(14)7-10(9-15-16)8-12(13)17-2/h7-9,16H,3-6H2,1-2H3/b15-9+. The van der Waals surface area contributed by atoms with Gasteiger partial charge in [0.15, 0.2) is 11.5 Å². The summed E-state index contributed by atoms with van der Waals surface area (Å²) in [5.74, 6) is 1.07. The van der Waals surface area contributed by atoms with E-state index in [0.29, 0.717) is 28.7 Å². The molecule has 0 aliphatic rings. The predicted octanol–water partition coefficient (Wildman–Crippen LogP) is 3.73. The number of oxime groups is 1. The Kier molecular flexibility index (Phi) is 6.36. The van der Waals surface area contributed by atoms with E-state index in [1.165, 1.54) is 6.21 Å². The van der Waals surface area contributed by atoms with E-state index >= 15 is 0 Å². The zero-order valence-corrected chi connectivity index (χ0v) is 11.4. The van der Waals surface area contributed by atoms with Gasteiger partial charge in [-0.15, -0.1) is 0 Å². The summed E-state index contributed by atoms with van der Waals surface area (Å²) >= 11 is 6.11. The number of halogens is 1. The van der Waals surface area contributed by atoms with E-state index in [0.717, 1.165) is 19.3 Å². The van der Waals surface area contributed by atoms with Crippen LogP contribution in [0.15, 0.2) is 17.3 Å². The fourth-order valence-corrected chi connectivity index (χ4v) is 1.82. The lowest BCUT2D eigenvalue weighted by Gasteiger charge is -2.12. The van der Waals surface area contributed by atoms with Gasteiger partial charge in [0.1, 0.15) is 0 Å². The Hall–Kier alpha value is -1.42. The van der Waals surface area contributed by atoms with Crippen LogP contribution in [0.2, 0.25) is 5.02 Å². The molecule has 4 nitrogen and oxygen atoms in total. The van der Waals surface area contributed by atoms with Crippen molar-refractivity contribution in [2.24, 2.45) is 5.16 Å². The molecule has 18 heavy (non-hydrogen) atoms.